The molecule has 0 saturated carbocycles. The monoisotopic (exact) mass is 235 g/mol. The molecule has 0 radical (unpaired) electrons. The van der Waals surface area contributed by atoms with Gasteiger partial charge in [0.25, 0.3) is 6.43 Å². The summed E-state index contributed by atoms with van der Waals surface area (Å²) >= 11 is 1.60. The first kappa shape index (κ1) is 9.66. The van der Waals surface area contributed by atoms with E-state index in [2.05, 4.69) is 4.98 Å². The van der Waals surface area contributed by atoms with Crippen LogP contribution in [0.2, 0.25) is 0 Å². The van der Waals surface area contributed by atoms with Crippen molar-refractivity contribution in [1.29, 1.82) is 0 Å². The fourth-order valence-corrected chi connectivity index (χ4v) is 2.56. The van der Waals surface area contributed by atoms with E-state index in [1.165, 1.54) is 12.1 Å². The summed E-state index contributed by atoms with van der Waals surface area (Å²) in [5.74, 6) is 0. The van der Waals surface area contributed by atoms with Crippen LogP contribution in [0.3, 0.4) is 0 Å². The Morgan fingerprint density at radius 1 is 1.12 bits per heavy atom. The van der Waals surface area contributed by atoms with E-state index in [1.807, 2.05) is 11.4 Å². The number of pyridine rings is 1. The van der Waals surface area contributed by atoms with Crippen molar-refractivity contribution in [3.8, 4) is 0 Å². The molecule has 0 aliphatic rings. The maximum Gasteiger partial charge on any atom is 0.263 e. The first-order valence-corrected chi connectivity index (χ1v) is 5.68. The van der Waals surface area contributed by atoms with Gasteiger partial charge in [-0.2, -0.15) is 0 Å². The number of benzene rings is 1. The molecule has 16 heavy (non-hydrogen) atoms. The number of nitrogens with zero attached hydrogens (tertiary/aromatic N) is 1. The quantitative estimate of drug-likeness (QED) is 0.609. The number of rotatable bonds is 1. The molecular formula is C12H7F2NS. The third-order valence-corrected chi connectivity index (χ3v) is 3.43. The molecule has 0 fully saturated rings. The van der Waals surface area contributed by atoms with E-state index in [0.717, 1.165) is 15.5 Å². The molecule has 1 aromatic carbocycles. The molecule has 0 N–H and O–H groups in total. The summed E-state index contributed by atoms with van der Waals surface area (Å²) in [6.07, 6.45) is -0.707. The van der Waals surface area contributed by atoms with Crippen LogP contribution in [-0.4, -0.2) is 4.98 Å². The van der Waals surface area contributed by atoms with Gasteiger partial charge in [-0.25, -0.2) is 8.78 Å². The second-order valence-corrected chi connectivity index (χ2v) is 4.48. The number of alkyl halides is 2. The van der Waals surface area contributed by atoms with Gasteiger partial charge in [0, 0.05) is 22.5 Å². The van der Waals surface area contributed by atoms with Gasteiger partial charge in [0.2, 0.25) is 0 Å². The minimum absolute atomic E-state index is 0.0228. The van der Waals surface area contributed by atoms with Crippen LogP contribution in [-0.2, 0) is 0 Å². The average Bonchev–Trinajstić information content (AvgIpc) is 2.76. The van der Waals surface area contributed by atoms with Crippen molar-refractivity contribution >= 4 is 32.3 Å². The van der Waals surface area contributed by atoms with Gasteiger partial charge in [-0.3, -0.25) is 4.98 Å². The summed E-state index contributed by atoms with van der Waals surface area (Å²) in [6, 6.07) is 6.63. The molecule has 1 nitrogen and oxygen atoms in total. The topological polar surface area (TPSA) is 12.9 Å². The molecule has 3 rings (SSSR count). The molecule has 0 aliphatic carbocycles. The summed E-state index contributed by atoms with van der Waals surface area (Å²) < 4.78 is 26.1. The summed E-state index contributed by atoms with van der Waals surface area (Å²) in [6.45, 7) is 0. The Morgan fingerprint density at radius 3 is 2.81 bits per heavy atom. The van der Waals surface area contributed by atoms with Crippen LogP contribution < -0.4 is 0 Å². The number of aromatic nitrogens is 1. The molecule has 0 unspecified atom stereocenters. The van der Waals surface area contributed by atoms with E-state index in [0.29, 0.717) is 5.52 Å². The lowest BCUT2D eigenvalue weighted by molar-refractivity contribution is 0.151. The van der Waals surface area contributed by atoms with E-state index in [1.54, 1.807) is 23.6 Å². The molecule has 80 valence electrons. The lowest BCUT2D eigenvalue weighted by atomic mass is 10.1. The van der Waals surface area contributed by atoms with E-state index < -0.39 is 6.43 Å². The molecule has 0 amide bonds. The van der Waals surface area contributed by atoms with Gasteiger partial charge in [0.05, 0.1) is 10.2 Å². The fourth-order valence-electron chi connectivity index (χ4n) is 1.79. The van der Waals surface area contributed by atoms with Crippen molar-refractivity contribution < 1.29 is 8.78 Å². The number of halogens is 2. The zero-order valence-electron chi connectivity index (χ0n) is 8.15. The van der Waals surface area contributed by atoms with Crippen molar-refractivity contribution in [3.05, 3.63) is 41.4 Å². The first-order chi connectivity index (χ1) is 7.75. The summed E-state index contributed by atoms with van der Waals surface area (Å²) in [5, 5.41) is 3.99. The van der Waals surface area contributed by atoms with Crippen LogP contribution in [0.15, 0.2) is 35.8 Å². The normalized spacial score (nSPS) is 11.7. The summed E-state index contributed by atoms with van der Waals surface area (Å²) in [5.41, 5.74) is 0.651. The van der Waals surface area contributed by atoms with E-state index in [-0.39, 0.29) is 5.56 Å². The van der Waals surface area contributed by atoms with Crippen molar-refractivity contribution in [3.63, 3.8) is 0 Å². The van der Waals surface area contributed by atoms with Gasteiger partial charge < -0.3 is 0 Å². The molecule has 2 aromatic heterocycles. The summed E-state index contributed by atoms with van der Waals surface area (Å²) in [4.78, 5) is 4.20. The van der Waals surface area contributed by atoms with Crippen LogP contribution in [0, 0.1) is 0 Å². The number of thiophene rings is 1. The second kappa shape index (κ2) is 3.49. The number of hydrogen-bond acceptors (Lipinski definition) is 2. The third-order valence-electron chi connectivity index (χ3n) is 2.58. The van der Waals surface area contributed by atoms with Crippen LogP contribution in [0.1, 0.15) is 12.0 Å². The van der Waals surface area contributed by atoms with E-state index >= 15 is 0 Å². The van der Waals surface area contributed by atoms with E-state index in [9.17, 15) is 8.78 Å². The summed E-state index contributed by atoms with van der Waals surface area (Å²) in [7, 11) is 0. The van der Waals surface area contributed by atoms with Gasteiger partial charge in [0.1, 0.15) is 0 Å². The SMILES string of the molecule is FC(F)c1ccc2c(c1)ncc1sccc12. The van der Waals surface area contributed by atoms with Gasteiger partial charge in [0.15, 0.2) is 0 Å². The van der Waals surface area contributed by atoms with Crippen LogP contribution in [0.5, 0.6) is 0 Å². The van der Waals surface area contributed by atoms with Crippen molar-refractivity contribution in [2.45, 2.75) is 6.43 Å². The van der Waals surface area contributed by atoms with Gasteiger partial charge in [-0.15, -0.1) is 11.3 Å². The Balaban J connectivity index is 2.37. The van der Waals surface area contributed by atoms with Crippen LogP contribution >= 0.6 is 11.3 Å². The van der Waals surface area contributed by atoms with Gasteiger partial charge >= 0.3 is 0 Å². The molecule has 4 heteroatoms. The molecule has 2 heterocycles. The molecule has 0 spiro atoms. The molecule has 0 bridgehead atoms. The predicted molar refractivity (Wildman–Crippen MR) is 62.1 cm³/mol. The van der Waals surface area contributed by atoms with Crippen molar-refractivity contribution in [2.24, 2.45) is 0 Å². The highest BCUT2D eigenvalue weighted by Gasteiger charge is 2.09. The largest absolute Gasteiger partial charge is 0.263 e. The van der Waals surface area contributed by atoms with Crippen molar-refractivity contribution in [2.75, 3.05) is 0 Å². The number of fused-ring (bicyclic) bond motifs is 3. The smallest absolute Gasteiger partial charge is 0.255 e. The third kappa shape index (κ3) is 1.38. The maximum atomic E-state index is 12.5. The lowest BCUT2D eigenvalue weighted by Crippen LogP contribution is -1.86. The Labute approximate surface area is 94.4 Å². The highest BCUT2D eigenvalue weighted by Crippen LogP contribution is 2.29. The Morgan fingerprint density at radius 2 is 2.00 bits per heavy atom. The maximum absolute atomic E-state index is 12.5. The molecule has 3 aromatic rings. The lowest BCUT2D eigenvalue weighted by Gasteiger charge is -2.02. The standard InChI is InChI=1S/C12H7F2NS/c13-12(14)7-1-2-8-9-3-4-16-11(9)6-15-10(8)5-7/h1-6,12H. The fraction of sp³-hybridized carbons (Fsp3) is 0.0833. The highest BCUT2D eigenvalue weighted by atomic mass is 32.1. The minimum Gasteiger partial charge on any atom is -0.255 e. The average molecular weight is 235 g/mol. The Kier molecular flexibility index (Phi) is 2.11. The highest BCUT2D eigenvalue weighted by molar-refractivity contribution is 7.17. The molecule has 0 atom stereocenters. The molecule has 0 saturated heterocycles. The molecule has 0 aliphatic heterocycles. The van der Waals surface area contributed by atoms with Crippen LogP contribution in [0.4, 0.5) is 8.78 Å². The van der Waals surface area contributed by atoms with Gasteiger partial charge in [-0.1, -0.05) is 12.1 Å². The second-order valence-electron chi connectivity index (χ2n) is 3.53. The van der Waals surface area contributed by atoms with E-state index in [4.69, 9.17) is 0 Å². The van der Waals surface area contributed by atoms with Crippen molar-refractivity contribution in [1.82, 2.24) is 4.98 Å². The zero-order chi connectivity index (χ0) is 11.1. The Bertz CT molecular complexity index is 660. The minimum atomic E-state index is -2.44. The molecular weight excluding hydrogens is 228 g/mol. The first-order valence-electron chi connectivity index (χ1n) is 4.80. The van der Waals surface area contributed by atoms with Crippen LogP contribution in [0.25, 0.3) is 21.0 Å². The Hall–Kier alpha value is -1.55. The zero-order valence-corrected chi connectivity index (χ0v) is 8.97. The predicted octanol–water partition coefficient (Wildman–Crippen LogP) is 4.39. The van der Waals surface area contributed by atoms with Gasteiger partial charge in [-0.05, 0) is 17.5 Å². The number of hydrogen-bond donors (Lipinski definition) is 0.